The summed E-state index contributed by atoms with van der Waals surface area (Å²) in [7, 11) is -3.58. The zero-order chi connectivity index (χ0) is 24.0. The van der Waals surface area contributed by atoms with Crippen LogP contribution in [0.2, 0.25) is 5.02 Å². The van der Waals surface area contributed by atoms with Crippen molar-refractivity contribution in [3.63, 3.8) is 0 Å². The van der Waals surface area contributed by atoms with Crippen LogP contribution in [0.25, 0.3) is 0 Å². The van der Waals surface area contributed by atoms with Crippen LogP contribution in [0, 0.1) is 17.8 Å². The maximum Gasteiger partial charge on any atom is 0.245 e. The SMILES string of the molecule is CC(C)[C@H](NC(=O)C1CCC(CNS(=O)(=O)c2ccc(Cl)cc2)CC1)C(=O)N1CCCCC1. The molecule has 33 heavy (non-hydrogen) atoms. The smallest absolute Gasteiger partial charge is 0.245 e. The number of hydrogen-bond donors (Lipinski definition) is 2. The third-order valence-electron chi connectivity index (χ3n) is 6.80. The molecular formula is C24H36ClN3O4S. The number of benzene rings is 1. The van der Waals surface area contributed by atoms with E-state index < -0.39 is 16.1 Å². The first-order valence-electron chi connectivity index (χ1n) is 12.0. The summed E-state index contributed by atoms with van der Waals surface area (Å²) >= 11 is 5.84. The average Bonchev–Trinajstić information content (AvgIpc) is 2.81. The second-order valence-corrected chi connectivity index (χ2v) is 11.8. The third-order valence-corrected chi connectivity index (χ3v) is 8.49. The van der Waals surface area contributed by atoms with Crippen molar-refractivity contribution < 1.29 is 18.0 Å². The van der Waals surface area contributed by atoms with E-state index in [0.29, 0.717) is 24.4 Å². The maximum atomic E-state index is 13.0. The molecule has 9 heteroatoms. The van der Waals surface area contributed by atoms with E-state index >= 15 is 0 Å². The van der Waals surface area contributed by atoms with Crippen molar-refractivity contribution >= 4 is 33.4 Å². The minimum atomic E-state index is -3.58. The molecule has 1 aromatic carbocycles. The lowest BCUT2D eigenvalue weighted by molar-refractivity contribution is -0.139. The standard InChI is InChI=1S/C24H36ClN3O4S/c1-17(2)22(24(30)28-14-4-3-5-15-28)27-23(29)19-8-6-18(7-9-19)16-26-33(31,32)21-12-10-20(25)11-13-21/h10-13,17-19,22,26H,3-9,14-16H2,1-2H3,(H,27,29)/t18?,19?,22-/m0/s1. The first-order valence-corrected chi connectivity index (χ1v) is 13.9. The Kier molecular flexibility index (Phi) is 9.18. The number of piperidine rings is 1. The molecule has 184 valence electrons. The highest BCUT2D eigenvalue weighted by Crippen LogP contribution is 2.29. The molecule has 1 saturated carbocycles. The number of carbonyl (C=O) groups is 2. The Bertz CT molecular complexity index is 906. The number of amides is 2. The third kappa shape index (κ3) is 7.17. The van der Waals surface area contributed by atoms with Gasteiger partial charge < -0.3 is 10.2 Å². The first kappa shape index (κ1) is 26.0. The van der Waals surface area contributed by atoms with E-state index in [2.05, 4.69) is 10.0 Å². The van der Waals surface area contributed by atoms with Crippen molar-refractivity contribution in [1.82, 2.24) is 14.9 Å². The Balaban J connectivity index is 1.47. The van der Waals surface area contributed by atoms with Gasteiger partial charge in [-0.3, -0.25) is 9.59 Å². The second kappa shape index (κ2) is 11.7. The molecule has 1 heterocycles. The topological polar surface area (TPSA) is 95.6 Å². The first-order chi connectivity index (χ1) is 15.7. The molecule has 1 saturated heterocycles. The van der Waals surface area contributed by atoms with Crippen molar-refractivity contribution in [3.8, 4) is 0 Å². The number of likely N-dealkylation sites (tertiary alicyclic amines) is 1. The Morgan fingerprint density at radius 3 is 2.21 bits per heavy atom. The van der Waals surface area contributed by atoms with Crippen molar-refractivity contribution in [2.75, 3.05) is 19.6 Å². The van der Waals surface area contributed by atoms with Gasteiger partial charge in [0.15, 0.2) is 0 Å². The van der Waals surface area contributed by atoms with Crippen LogP contribution in [0.5, 0.6) is 0 Å². The van der Waals surface area contributed by atoms with E-state index in [4.69, 9.17) is 11.6 Å². The minimum absolute atomic E-state index is 0.0296. The molecule has 2 fully saturated rings. The van der Waals surface area contributed by atoms with Gasteiger partial charge in [-0.05, 0) is 81.0 Å². The molecule has 2 amide bonds. The minimum Gasteiger partial charge on any atom is -0.344 e. The predicted molar refractivity (Wildman–Crippen MR) is 129 cm³/mol. The van der Waals surface area contributed by atoms with E-state index in [9.17, 15) is 18.0 Å². The van der Waals surface area contributed by atoms with E-state index in [0.717, 1.165) is 45.2 Å². The number of rotatable bonds is 8. The quantitative estimate of drug-likeness (QED) is 0.573. The summed E-state index contributed by atoms with van der Waals surface area (Å²) in [5, 5.41) is 3.52. The highest BCUT2D eigenvalue weighted by Gasteiger charge is 2.33. The highest BCUT2D eigenvalue weighted by molar-refractivity contribution is 7.89. The van der Waals surface area contributed by atoms with Crippen LogP contribution in [0.3, 0.4) is 0 Å². The summed E-state index contributed by atoms with van der Waals surface area (Å²) in [6.45, 7) is 5.83. The molecule has 0 aromatic heterocycles. The summed E-state index contributed by atoms with van der Waals surface area (Å²) in [4.78, 5) is 28.0. The van der Waals surface area contributed by atoms with Crippen molar-refractivity contribution in [3.05, 3.63) is 29.3 Å². The Labute approximate surface area is 202 Å². The van der Waals surface area contributed by atoms with Gasteiger partial charge in [-0.1, -0.05) is 25.4 Å². The lowest BCUT2D eigenvalue weighted by Crippen LogP contribution is -2.53. The number of halogens is 1. The second-order valence-electron chi connectivity index (χ2n) is 9.64. The molecule has 1 atom stereocenters. The molecule has 1 aliphatic heterocycles. The summed E-state index contributed by atoms with van der Waals surface area (Å²) < 4.78 is 27.7. The lowest BCUT2D eigenvalue weighted by atomic mass is 9.81. The fourth-order valence-corrected chi connectivity index (χ4v) is 5.89. The van der Waals surface area contributed by atoms with Crippen LogP contribution in [-0.4, -0.2) is 50.8 Å². The van der Waals surface area contributed by atoms with E-state index in [1.807, 2.05) is 18.7 Å². The number of nitrogens with one attached hydrogen (secondary N) is 2. The average molecular weight is 498 g/mol. The van der Waals surface area contributed by atoms with Crippen molar-refractivity contribution in [2.24, 2.45) is 17.8 Å². The van der Waals surface area contributed by atoms with Gasteiger partial charge in [0.25, 0.3) is 0 Å². The summed E-state index contributed by atoms with van der Waals surface area (Å²) in [6, 6.07) is 5.60. The number of carbonyl (C=O) groups excluding carboxylic acids is 2. The summed E-state index contributed by atoms with van der Waals surface area (Å²) in [5.41, 5.74) is 0. The van der Waals surface area contributed by atoms with Gasteiger partial charge in [0.1, 0.15) is 6.04 Å². The normalized spacial score (nSPS) is 22.7. The van der Waals surface area contributed by atoms with Gasteiger partial charge in [-0.25, -0.2) is 13.1 Å². The predicted octanol–water partition coefficient (Wildman–Crippen LogP) is 3.58. The molecule has 0 bridgehead atoms. The van der Waals surface area contributed by atoms with Gasteiger partial charge in [-0.15, -0.1) is 0 Å². The highest BCUT2D eigenvalue weighted by atomic mass is 35.5. The van der Waals surface area contributed by atoms with Crippen molar-refractivity contribution in [2.45, 2.75) is 69.7 Å². The van der Waals surface area contributed by atoms with Gasteiger partial charge in [0.05, 0.1) is 4.90 Å². The number of hydrogen-bond acceptors (Lipinski definition) is 4. The Morgan fingerprint density at radius 2 is 1.64 bits per heavy atom. The summed E-state index contributed by atoms with van der Waals surface area (Å²) in [6.07, 6.45) is 6.14. The van der Waals surface area contributed by atoms with Crippen LogP contribution >= 0.6 is 11.6 Å². The Morgan fingerprint density at radius 1 is 1.03 bits per heavy atom. The molecule has 2 aliphatic rings. The van der Waals surface area contributed by atoms with Crippen LogP contribution in [0.1, 0.15) is 58.8 Å². The Hall–Kier alpha value is -1.64. The number of nitrogens with zero attached hydrogens (tertiary/aromatic N) is 1. The molecule has 0 radical (unpaired) electrons. The molecule has 3 rings (SSSR count). The molecular weight excluding hydrogens is 462 g/mol. The van der Waals surface area contributed by atoms with Crippen LogP contribution < -0.4 is 10.0 Å². The van der Waals surface area contributed by atoms with E-state index in [-0.39, 0.29) is 34.5 Å². The largest absolute Gasteiger partial charge is 0.344 e. The zero-order valence-electron chi connectivity index (χ0n) is 19.6. The number of sulfonamides is 1. The fraction of sp³-hybridized carbons (Fsp3) is 0.667. The molecule has 2 N–H and O–H groups in total. The van der Waals surface area contributed by atoms with Crippen LogP contribution in [-0.2, 0) is 19.6 Å². The van der Waals surface area contributed by atoms with E-state index in [1.165, 1.54) is 12.1 Å². The monoisotopic (exact) mass is 497 g/mol. The van der Waals surface area contributed by atoms with Gasteiger partial charge in [0, 0.05) is 30.6 Å². The maximum absolute atomic E-state index is 13.0. The summed E-state index contributed by atoms with van der Waals surface area (Å²) in [5.74, 6) is 0.0566. The molecule has 0 unspecified atom stereocenters. The lowest BCUT2D eigenvalue weighted by Gasteiger charge is -2.34. The van der Waals surface area contributed by atoms with Crippen LogP contribution in [0.4, 0.5) is 0 Å². The van der Waals surface area contributed by atoms with Crippen LogP contribution in [0.15, 0.2) is 29.2 Å². The van der Waals surface area contributed by atoms with Crippen molar-refractivity contribution in [1.29, 1.82) is 0 Å². The molecule has 0 spiro atoms. The van der Waals surface area contributed by atoms with Gasteiger partial charge in [-0.2, -0.15) is 0 Å². The fourth-order valence-electron chi connectivity index (χ4n) is 4.65. The zero-order valence-corrected chi connectivity index (χ0v) is 21.1. The van der Waals surface area contributed by atoms with Gasteiger partial charge in [0.2, 0.25) is 21.8 Å². The van der Waals surface area contributed by atoms with Gasteiger partial charge >= 0.3 is 0 Å². The van der Waals surface area contributed by atoms with E-state index in [1.54, 1.807) is 12.1 Å². The molecule has 1 aromatic rings. The molecule has 1 aliphatic carbocycles. The molecule has 7 nitrogen and oxygen atoms in total.